The van der Waals surface area contributed by atoms with E-state index in [9.17, 15) is 17.6 Å². The molecular weight excluding hydrogens is 455 g/mol. The highest BCUT2D eigenvalue weighted by molar-refractivity contribution is 7.99. The minimum Gasteiger partial charge on any atom is -0.335 e. The van der Waals surface area contributed by atoms with E-state index in [1.807, 2.05) is 0 Å². The molecule has 0 fully saturated rings. The smallest absolute Gasteiger partial charge is 0.243 e. The van der Waals surface area contributed by atoms with Gasteiger partial charge in [-0.25, -0.2) is 17.5 Å². The Morgan fingerprint density at radius 1 is 1.16 bits per heavy atom. The van der Waals surface area contributed by atoms with Gasteiger partial charge in [0.2, 0.25) is 21.1 Å². The Morgan fingerprint density at radius 2 is 1.88 bits per heavy atom. The molecule has 1 heterocycles. The van der Waals surface area contributed by atoms with Crippen molar-refractivity contribution >= 4 is 33.4 Å². The lowest BCUT2D eigenvalue weighted by Crippen LogP contribution is -2.30. The number of nitrogens with two attached hydrogens (primary N) is 1. The van der Waals surface area contributed by atoms with Gasteiger partial charge in [0.15, 0.2) is 5.82 Å². The van der Waals surface area contributed by atoms with Gasteiger partial charge in [-0.05, 0) is 30.3 Å². The lowest BCUT2D eigenvalue weighted by atomic mass is 10.2. The molecule has 0 aliphatic rings. The number of carbonyl (C=O) groups excluding carboxylic acids is 1. The summed E-state index contributed by atoms with van der Waals surface area (Å²) in [6, 6.07) is 11.9. The van der Waals surface area contributed by atoms with E-state index in [0.29, 0.717) is 24.3 Å². The zero-order chi connectivity index (χ0) is 23.3. The Morgan fingerprint density at radius 3 is 2.56 bits per heavy atom. The third kappa shape index (κ3) is 5.26. The van der Waals surface area contributed by atoms with Crippen LogP contribution in [0.5, 0.6) is 0 Å². The molecule has 2 aromatic carbocycles. The summed E-state index contributed by atoms with van der Waals surface area (Å²) in [6.45, 7) is 4.26. The number of amides is 1. The number of aromatic nitrogens is 3. The van der Waals surface area contributed by atoms with E-state index in [-0.39, 0.29) is 27.5 Å². The van der Waals surface area contributed by atoms with Gasteiger partial charge in [-0.3, -0.25) is 4.79 Å². The van der Waals surface area contributed by atoms with Crippen LogP contribution in [-0.4, -0.2) is 52.3 Å². The highest BCUT2D eigenvalue weighted by atomic mass is 32.2. The van der Waals surface area contributed by atoms with Crippen LogP contribution >= 0.6 is 11.8 Å². The third-order valence-corrected chi connectivity index (χ3v) is 7.53. The number of anilines is 1. The Hall–Kier alpha value is -2.96. The predicted octanol–water partition coefficient (Wildman–Crippen LogP) is 2.56. The van der Waals surface area contributed by atoms with Gasteiger partial charge in [0.05, 0.1) is 10.6 Å². The van der Waals surface area contributed by atoms with Crippen LogP contribution in [0.3, 0.4) is 0 Å². The van der Waals surface area contributed by atoms with Gasteiger partial charge < -0.3 is 11.2 Å². The molecule has 0 aliphatic carbocycles. The van der Waals surface area contributed by atoms with Gasteiger partial charge in [0.1, 0.15) is 5.82 Å². The molecule has 0 spiro atoms. The summed E-state index contributed by atoms with van der Waals surface area (Å²) in [5.74, 6) is 5.51. The van der Waals surface area contributed by atoms with Gasteiger partial charge in [-0.1, -0.05) is 43.8 Å². The van der Waals surface area contributed by atoms with Crippen molar-refractivity contribution in [1.29, 1.82) is 0 Å². The average Bonchev–Trinajstić information content (AvgIpc) is 3.13. The average molecular weight is 479 g/mol. The highest BCUT2D eigenvalue weighted by Crippen LogP contribution is 2.25. The van der Waals surface area contributed by atoms with E-state index in [0.717, 1.165) is 11.8 Å². The third-order valence-electron chi connectivity index (χ3n) is 4.54. The molecule has 3 aromatic rings. The van der Waals surface area contributed by atoms with Gasteiger partial charge in [-0.2, -0.15) is 4.31 Å². The van der Waals surface area contributed by atoms with Crippen LogP contribution < -0.4 is 11.2 Å². The van der Waals surface area contributed by atoms with E-state index in [1.165, 1.54) is 39.3 Å². The summed E-state index contributed by atoms with van der Waals surface area (Å²) in [5, 5.41) is 10.9. The van der Waals surface area contributed by atoms with Crippen LogP contribution in [0, 0.1) is 5.82 Å². The quantitative estimate of drug-likeness (QED) is 0.358. The van der Waals surface area contributed by atoms with Crippen molar-refractivity contribution in [3.05, 3.63) is 54.3 Å². The first-order valence-electron chi connectivity index (χ1n) is 9.75. The Labute approximate surface area is 189 Å². The second-order valence-electron chi connectivity index (χ2n) is 6.64. The van der Waals surface area contributed by atoms with Crippen LogP contribution in [-0.2, 0) is 14.8 Å². The summed E-state index contributed by atoms with van der Waals surface area (Å²) in [4.78, 5) is 12.3. The Kier molecular flexibility index (Phi) is 7.48. The molecule has 12 heteroatoms. The zero-order valence-corrected chi connectivity index (χ0v) is 19.2. The number of hydrogen-bond donors (Lipinski definition) is 2. The first-order valence-corrected chi connectivity index (χ1v) is 12.2. The van der Waals surface area contributed by atoms with E-state index in [4.69, 9.17) is 5.84 Å². The first-order chi connectivity index (χ1) is 15.3. The molecule has 170 valence electrons. The monoisotopic (exact) mass is 478 g/mol. The maximum atomic E-state index is 13.2. The molecule has 3 N–H and O–H groups in total. The highest BCUT2D eigenvalue weighted by Gasteiger charge is 2.23. The van der Waals surface area contributed by atoms with Crippen LogP contribution in [0.1, 0.15) is 13.8 Å². The summed E-state index contributed by atoms with van der Waals surface area (Å²) >= 11 is 1.05. The topological polar surface area (TPSA) is 123 Å². The molecule has 0 unspecified atom stereocenters. The molecule has 1 aromatic heterocycles. The largest absolute Gasteiger partial charge is 0.335 e. The molecule has 0 bridgehead atoms. The van der Waals surface area contributed by atoms with Crippen LogP contribution in [0.15, 0.2) is 58.6 Å². The molecule has 0 saturated carbocycles. The fourth-order valence-electron chi connectivity index (χ4n) is 2.97. The summed E-state index contributed by atoms with van der Waals surface area (Å²) in [5.41, 5.74) is 0.820. The molecule has 1 amide bonds. The van der Waals surface area contributed by atoms with E-state index in [1.54, 1.807) is 32.0 Å². The van der Waals surface area contributed by atoms with Crippen molar-refractivity contribution in [2.24, 2.45) is 0 Å². The van der Waals surface area contributed by atoms with Gasteiger partial charge in [0.25, 0.3) is 0 Å². The molecule has 0 saturated heterocycles. The lowest BCUT2D eigenvalue weighted by molar-refractivity contribution is -0.113. The molecule has 32 heavy (non-hydrogen) atoms. The lowest BCUT2D eigenvalue weighted by Gasteiger charge is -2.18. The zero-order valence-electron chi connectivity index (χ0n) is 17.5. The number of sulfonamides is 1. The summed E-state index contributed by atoms with van der Waals surface area (Å²) in [7, 11) is -3.64. The number of rotatable bonds is 9. The maximum absolute atomic E-state index is 13.2. The normalized spacial score (nSPS) is 11.6. The number of thioether (sulfide) groups is 1. The van der Waals surface area contributed by atoms with E-state index < -0.39 is 15.8 Å². The summed E-state index contributed by atoms with van der Waals surface area (Å²) < 4.78 is 41.4. The molecule has 9 nitrogen and oxygen atoms in total. The number of hydrogen-bond acceptors (Lipinski definition) is 7. The number of nitrogens with zero attached hydrogens (tertiary/aromatic N) is 4. The Bertz CT molecular complexity index is 1210. The Balaban J connectivity index is 1.74. The van der Waals surface area contributed by atoms with Gasteiger partial charge in [-0.15, -0.1) is 10.2 Å². The number of nitrogens with one attached hydrogen (secondary N) is 1. The minimum absolute atomic E-state index is 0.0256. The van der Waals surface area contributed by atoms with E-state index in [2.05, 4.69) is 15.5 Å². The summed E-state index contributed by atoms with van der Waals surface area (Å²) in [6.07, 6.45) is 0. The fraction of sp³-hybridized carbons (Fsp3) is 0.250. The molecular formula is C20H23FN6O3S2. The van der Waals surface area contributed by atoms with Crippen LogP contribution in [0.25, 0.3) is 11.4 Å². The second kappa shape index (κ2) is 10.1. The molecule has 0 radical (unpaired) electrons. The SMILES string of the molecule is CCN(CC)S(=O)(=O)c1cccc(-c2nnc(SCC(=O)Nc3cccc(F)c3)n2N)c1. The number of carbonyl (C=O) groups is 1. The van der Waals surface area contributed by atoms with Crippen molar-refractivity contribution in [3.63, 3.8) is 0 Å². The van der Waals surface area contributed by atoms with E-state index >= 15 is 0 Å². The minimum atomic E-state index is -3.64. The van der Waals surface area contributed by atoms with Crippen molar-refractivity contribution < 1.29 is 17.6 Å². The molecule has 3 rings (SSSR count). The van der Waals surface area contributed by atoms with Crippen molar-refractivity contribution in [2.45, 2.75) is 23.9 Å². The van der Waals surface area contributed by atoms with Crippen molar-refractivity contribution in [1.82, 2.24) is 19.2 Å². The fourth-order valence-corrected chi connectivity index (χ4v) is 5.13. The number of benzene rings is 2. The molecule has 0 atom stereocenters. The number of halogens is 1. The standard InChI is InChI=1S/C20H23FN6O3S2/c1-3-26(4-2)32(29,30)17-10-5-7-14(11-17)19-24-25-20(27(19)22)31-13-18(28)23-16-9-6-8-15(21)12-16/h5-12H,3-4,13,22H2,1-2H3,(H,23,28). The van der Waals surface area contributed by atoms with Crippen molar-refractivity contribution in [3.8, 4) is 11.4 Å². The van der Waals surface area contributed by atoms with Gasteiger partial charge in [0, 0.05) is 24.3 Å². The number of nitrogen functional groups attached to an aromatic ring is 1. The second-order valence-corrected chi connectivity index (χ2v) is 9.52. The predicted molar refractivity (Wildman–Crippen MR) is 121 cm³/mol. The van der Waals surface area contributed by atoms with Crippen LogP contribution in [0.4, 0.5) is 10.1 Å². The van der Waals surface area contributed by atoms with Crippen molar-refractivity contribution in [2.75, 3.05) is 30.0 Å². The van der Waals surface area contributed by atoms with Crippen LogP contribution in [0.2, 0.25) is 0 Å². The first kappa shape index (κ1) is 23.7. The maximum Gasteiger partial charge on any atom is 0.243 e. The van der Waals surface area contributed by atoms with Gasteiger partial charge >= 0.3 is 0 Å². The molecule has 0 aliphatic heterocycles.